The van der Waals surface area contributed by atoms with Crippen LogP contribution in [0.25, 0.3) is 0 Å². The highest BCUT2D eigenvalue weighted by Crippen LogP contribution is 2.62. The highest BCUT2D eigenvalue weighted by atomic mass is 31.2. The summed E-state index contributed by atoms with van der Waals surface area (Å²) in [5.74, 6) is -0.0595. The highest BCUT2D eigenvalue weighted by molar-refractivity contribution is 7.54. The quantitative estimate of drug-likeness (QED) is 0.611. The Morgan fingerprint density at radius 2 is 1.58 bits per heavy atom. The van der Waals surface area contributed by atoms with E-state index in [2.05, 4.69) is 10.3 Å². The van der Waals surface area contributed by atoms with E-state index in [0.29, 0.717) is 11.4 Å². The number of phenolic OH excluding ortho intramolecular Hbond substituents is 1. The summed E-state index contributed by atoms with van der Waals surface area (Å²) in [4.78, 5) is 4.44. The minimum Gasteiger partial charge on any atom is -0.508 e. The molecule has 0 aliphatic rings. The number of aromatic nitrogens is 1. The molecule has 1 heterocycles. The molecule has 2 aromatic rings. The van der Waals surface area contributed by atoms with Gasteiger partial charge in [0.2, 0.25) is 0 Å². The smallest absolute Gasteiger partial charge is 0.357 e. The van der Waals surface area contributed by atoms with Crippen molar-refractivity contribution in [3.63, 3.8) is 0 Å². The molecule has 7 heteroatoms. The number of nitrogens with zero attached hydrogens (tertiary/aromatic N) is 1. The molecule has 0 aliphatic heterocycles. The minimum absolute atomic E-state index is 0.130. The van der Waals surface area contributed by atoms with E-state index in [9.17, 15) is 9.67 Å². The van der Waals surface area contributed by atoms with E-state index in [1.165, 1.54) is 0 Å². The normalized spacial score (nSPS) is 13.2. The van der Waals surface area contributed by atoms with Gasteiger partial charge >= 0.3 is 7.60 Å². The second kappa shape index (κ2) is 8.67. The molecule has 142 valence electrons. The van der Waals surface area contributed by atoms with Crippen molar-refractivity contribution in [1.29, 1.82) is 0 Å². The van der Waals surface area contributed by atoms with E-state index in [-0.39, 0.29) is 18.0 Å². The maximum atomic E-state index is 13.7. The number of hydrogen-bond donors (Lipinski definition) is 2. The van der Waals surface area contributed by atoms with Gasteiger partial charge in [0, 0.05) is 5.69 Å². The number of aryl methyl sites for hydroxylation is 1. The first kappa shape index (κ1) is 20.4. The lowest BCUT2D eigenvalue weighted by atomic mass is 10.2. The molecule has 0 amide bonds. The SMILES string of the molecule is Cc1cccc(NC(c2ccc(O)cc2)P(=O)(OC(C)C)OC(C)C)n1. The van der Waals surface area contributed by atoms with Crippen LogP contribution in [0.2, 0.25) is 0 Å². The molecule has 0 radical (unpaired) electrons. The van der Waals surface area contributed by atoms with E-state index in [1.807, 2.05) is 46.8 Å². The van der Waals surface area contributed by atoms with Crippen molar-refractivity contribution in [1.82, 2.24) is 4.98 Å². The monoisotopic (exact) mass is 378 g/mol. The number of benzene rings is 1. The Balaban J connectivity index is 2.49. The average Bonchev–Trinajstić information content (AvgIpc) is 2.52. The van der Waals surface area contributed by atoms with Crippen LogP contribution < -0.4 is 5.32 Å². The van der Waals surface area contributed by atoms with E-state index in [0.717, 1.165) is 5.69 Å². The zero-order valence-corrected chi connectivity index (χ0v) is 16.7. The lowest BCUT2D eigenvalue weighted by molar-refractivity contribution is 0.138. The maximum absolute atomic E-state index is 13.7. The molecule has 0 bridgehead atoms. The third kappa shape index (κ3) is 5.56. The molecule has 2 rings (SSSR count). The Morgan fingerprint density at radius 3 is 2.08 bits per heavy atom. The molecule has 2 N–H and O–H groups in total. The third-order valence-electron chi connectivity index (χ3n) is 3.41. The average molecular weight is 378 g/mol. The number of nitrogens with one attached hydrogen (secondary N) is 1. The Bertz CT molecular complexity index is 748. The largest absolute Gasteiger partial charge is 0.508 e. The predicted octanol–water partition coefficient (Wildman–Crippen LogP) is 5.25. The van der Waals surface area contributed by atoms with Crippen molar-refractivity contribution in [3.05, 3.63) is 53.7 Å². The molecule has 0 aliphatic carbocycles. The molecule has 1 atom stereocenters. The van der Waals surface area contributed by atoms with Crippen LogP contribution in [0.5, 0.6) is 5.75 Å². The summed E-state index contributed by atoms with van der Waals surface area (Å²) in [6.45, 7) is 9.14. The van der Waals surface area contributed by atoms with E-state index in [1.54, 1.807) is 30.3 Å². The maximum Gasteiger partial charge on any atom is 0.357 e. The number of aromatic hydroxyl groups is 1. The Kier molecular flexibility index (Phi) is 6.81. The second-order valence-corrected chi connectivity index (χ2v) is 8.67. The molecule has 1 aromatic carbocycles. The molecular weight excluding hydrogens is 351 g/mol. The molecule has 0 spiro atoms. The highest BCUT2D eigenvalue weighted by Gasteiger charge is 2.39. The Hall–Kier alpha value is -1.88. The van der Waals surface area contributed by atoms with Gasteiger partial charge in [0.05, 0.1) is 12.2 Å². The molecule has 1 aromatic heterocycles. The van der Waals surface area contributed by atoms with Crippen molar-refractivity contribution in [2.24, 2.45) is 0 Å². The summed E-state index contributed by atoms with van der Waals surface area (Å²) in [5, 5.41) is 12.8. The van der Waals surface area contributed by atoms with Gasteiger partial charge in [0.1, 0.15) is 11.6 Å². The van der Waals surface area contributed by atoms with Gasteiger partial charge in [-0.25, -0.2) is 4.98 Å². The number of hydrogen-bond acceptors (Lipinski definition) is 6. The summed E-state index contributed by atoms with van der Waals surface area (Å²) in [7, 11) is -3.59. The first-order valence-corrected chi connectivity index (χ1v) is 10.3. The molecule has 0 fully saturated rings. The fourth-order valence-corrected chi connectivity index (χ4v) is 4.80. The summed E-state index contributed by atoms with van der Waals surface area (Å²) >= 11 is 0. The first-order chi connectivity index (χ1) is 12.2. The van der Waals surface area contributed by atoms with Crippen LogP contribution in [-0.4, -0.2) is 22.3 Å². The number of phenols is 1. The fourth-order valence-electron chi connectivity index (χ4n) is 2.50. The Morgan fingerprint density at radius 1 is 1.00 bits per heavy atom. The van der Waals surface area contributed by atoms with Crippen LogP contribution in [0.1, 0.15) is 44.7 Å². The lowest BCUT2D eigenvalue weighted by Crippen LogP contribution is -2.19. The molecule has 1 unspecified atom stereocenters. The van der Waals surface area contributed by atoms with Crippen LogP contribution in [0.15, 0.2) is 42.5 Å². The van der Waals surface area contributed by atoms with Crippen LogP contribution >= 0.6 is 7.60 Å². The van der Waals surface area contributed by atoms with Crippen LogP contribution in [0.3, 0.4) is 0 Å². The molecule has 6 nitrogen and oxygen atoms in total. The van der Waals surface area contributed by atoms with Gasteiger partial charge in [-0.3, -0.25) is 4.57 Å². The van der Waals surface area contributed by atoms with Gasteiger partial charge in [-0.05, 0) is 64.4 Å². The van der Waals surface area contributed by atoms with Gasteiger partial charge in [-0.2, -0.15) is 0 Å². The first-order valence-electron chi connectivity index (χ1n) is 8.65. The summed E-state index contributed by atoms with van der Waals surface area (Å²) < 4.78 is 25.3. The van der Waals surface area contributed by atoms with Gasteiger partial charge in [0.25, 0.3) is 0 Å². The molecule has 26 heavy (non-hydrogen) atoms. The van der Waals surface area contributed by atoms with E-state index in [4.69, 9.17) is 9.05 Å². The molecular formula is C19H27N2O4P. The van der Waals surface area contributed by atoms with Crippen LogP contribution in [0.4, 0.5) is 5.82 Å². The van der Waals surface area contributed by atoms with Gasteiger partial charge in [-0.1, -0.05) is 18.2 Å². The standard InChI is InChI=1S/C19H27N2O4P/c1-13(2)24-26(23,25-14(3)4)19(16-9-11-17(22)12-10-16)21-18-8-6-7-15(5)20-18/h6-14,19,22H,1-5H3,(H,20,21). The lowest BCUT2D eigenvalue weighted by Gasteiger charge is -2.31. The van der Waals surface area contributed by atoms with Gasteiger partial charge in [-0.15, -0.1) is 0 Å². The van der Waals surface area contributed by atoms with Gasteiger partial charge < -0.3 is 19.5 Å². The number of pyridine rings is 1. The number of rotatable bonds is 8. The number of anilines is 1. The zero-order chi connectivity index (χ0) is 19.3. The third-order valence-corrected chi connectivity index (χ3v) is 5.90. The molecule has 0 saturated heterocycles. The van der Waals surface area contributed by atoms with Crippen molar-refractivity contribution >= 4 is 13.4 Å². The van der Waals surface area contributed by atoms with Crippen molar-refractivity contribution < 1.29 is 18.7 Å². The predicted molar refractivity (Wildman–Crippen MR) is 103 cm³/mol. The summed E-state index contributed by atoms with van der Waals surface area (Å²) in [5.41, 5.74) is 1.51. The van der Waals surface area contributed by atoms with Crippen molar-refractivity contribution in [3.8, 4) is 5.75 Å². The van der Waals surface area contributed by atoms with E-state index < -0.39 is 13.4 Å². The second-order valence-electron chi connectivity index (χ2n) is 6.65. The van der Waals surface area contributed by atoms with Crippen molar-refractivity contribution in [2.75, 3.05) is 5.32 Å². The Labute approximate surface area is 155 Å². The molecule has 0 saturated carbocycles. The summed E-state index contributed by atoms with van der Waals surface area (Å²) in [6.07, 6.45) is -0.571. The van der Waals surface area contributed by atoms with Crippen molar-refractivity contribution in [2.45, 2.75) is 52.6 Å². The topological polar surface area (TPSA) is 80.7 Å². The fraction of sp³-hybridized carbons (Fsp3) is 0.421. The summed E-state index contributed by atoms with van der Waals surface area (Å²) in [6, 6.07) is 12.0. The van der Waals surface area contributed by atoms with Crippen LogP contribution in [-0.2, 0) is 13.6 Å². The minimum atomic E-state index is -3.59. The zero-order valence-electron chi connectivity index (χ0n) is 15.8. The van der Waals surface area contributed by atoms with Gasteiger partial charge in [0.15, 0.2) is 5.78 Å². The van der Waals surface area contributed by atoms with E-state index >= 15 is 0 Å². The van der Waals surface area contributed by atoms with Crippen LogP contribution in [0, 0.1) is 6.92 Å².